The number of hydrogen-bond acceptors (Lipinski definition) is 2. The predicted octanol–water partition coefficient (Wildman–Crippen LogP) is 7.99. The molecular formula is C30H49N3O. The summed E-state index contributed by atoms with van der Waals surface area (Å²) < 4.78 is 0. The van der Waals surface area contributed by atoms with Crippen molar-refractivity contribution >= 4 is 17.4 Å². The number of nitrogens with zero attached hydrogens (tertiary/aromatic N) is 1. The van der Waals surface area contributed by atoms with Crippen LogP contribution in [0.3, 0.4) is 0 Å². The summed E-state index contributed by atoms with van der Waals surface area (Å²) in [6.07, 6.45) is 20.3. The molecule has 4 rings (SSSR count). The van der Waals surface area contributed by atoms with Crippen molar-refractivity contribution in [3.05, 3.63) is 24.3 Å². The number of urea groups is 1. The fraction of sp³-hybridized carbons (Fsp3) is 0.767. The summed E-state index contributed by atoms with van der Waals surface area (Å²) in [6.45, 7) is 2.54. The van der Waals surface area contributed by atoms with Crippen LogP contribution in [0.5, 0.6) is 0 Å². The standard InChI is InChI=1S/C30H49N3O/c1-30(24-15-10-6-7-11-16-24)22-12-17-27(23-13-8-4-5-9-14-23)28(30)32-29(34)31-25-18-20-26(21-19-25)33(2)3/h18-21,23-24,27-28H,4-17,22H2,1-3H3,(H2,31,32,34)/t27-,28+,30?/m1/s1. The molecule has 0 heterocycles. The summed E-state index contributed by atoms with van der Waals surface area (Å²) in [5, 5.41) is 6.80. The normalized spacial score (nSPS) is 29.6. The Morgan fingerprint density at radius 1 is 0.824 bits per heavy atom. The molecule has 1 unspecified atom stereocenters. The van der Waals surface area contributed by atoms with E-state index < -0.39 is 0 Å². The molecule has 2 amide bonds. The number of carbonyl (C=O) groups is 1. The zero-order chi connectivity index (χ0) is 24.0. The second-order valence-electron chi connectivity index (χ2n) is 12.0. The van der Waals surface area contributed by atoms with E-state index in [4.69, 9.17) is 0 Å². The van der Waals surface area contributed by atoms with Gasteiger partial charge in [0.2, 0.25) is 0 Å². The second-order valence-corrected chi connectivity index (χ2v) is 12.0. The Kier molecular flexibility index (Phi) is 8.82. The summed E-state index contributed by atoms with van der Waals surface area (Å²) in [5.74, 6) is 2.15. The quantitative estimate of drug-likeness (QED) is 0.431. The smallest absolute Gasteiger partial charge is 0.319 e. The van der Waals surface area contributed by atoms with Crippen LogP contribution in [-0.2, 0) is 0 Å². The third-order valence-corrected chi connectivity index (χ3v) is 9.61. The molecule has 1 aromatic rings. The van der Waals surface area contributed by atoms with Gasteiger partial charge in [0.1, 0.15) is 0 Å². The summed E-state index contributed by atoms with van der Waals surface area (Å²) in [6, 6.07) is 8.45. The zero-order valence-electron chi connectivity index (χ0n) is 22.1. The highest BCUT2D eigenvalue weighted by molar-refractivity contribution is 5.89. The maximum Gasteiger partial charge on any atom is 0.319 e. The lowest BCUT2D eigenvalue weighted by Gasteiger charge is -2.52. The average molecular weight is 468 g/mol. The van der Waals surface area contributed by atoms with Crippen molar-refractivity contribution in [2.75, 3.05) is 24.3 Å². The molecule has 2 N–H and O–H groups in total. The summed E-state index contributed by atoms with van der Waals surface area (Å²) in [5.41, 5.74) is 2.24. The fourth-order valence-corrected chi connectivity index (χ4v) is 7.60. The van der Waals surface area contributed by atoms with Gasteiger partial charge in [-0.2, -0.15) is 0 Å². The van der Waals surface area contributed by atoms with Crippen molar-refractivity contribution in [1.82, 2.24) is 5.32 Å². The third kappa shape index (κ3) is 6.10. The first kappa shape index (κ1) is 25.4. The molecule has 3 aliphatic carbocycles. The highest BCUT2D eigenvalue weighted by atomic mass is 16.2. The van der Waals surface area contributed by atoms with E-state index >= 15 is 0 Å². The Bertz CT molecular complexity index is 760. The molecule has 190 valence electrons. The van der Waals surface area contributed by atoms with Gasteiger partial charge in [0, 0.05) is 31.5 Å². The predicted molar refractivity (Wildman–Crippen MR) is 145 cm³/mol. The van der Waals surface area contributed by atoms with Gasteiger partial charge in [-0.05, 0) is 73.1 Å². The minimum Gasteiger partial charge on any atom is -0.378 e. The van der Waals surface area contributed by atoms with Crippen molar-refractivity contribution in [2.24, 2.45) is 23.2 Å². The first-order chi connectivity index (χ1) is 16.5. The Balaban J connectivity index is 1.54. The van der Waals surface area contributed by atoms with Gasteiger partial charge in [0.25, 0.3) is 0 Å². The number of anilines is 2. The zero-order valence-corrected chi connectivity index (χ0v) is 22.1. The second kappa shape index (κ2) is 11.8. The highest BCUT2D eigenvalue weighted by Gasteiger charge is 2.49. The third-order valence-electron chi connectivity index (χ3n) is 9.61. The molecule has 0 aromatic heterocycles. The SMILES string of the molecule is CN(C)c1ccc(NC(=O)N[C@H]2[C@@H](C3CCCCCC3)CCCC2(C)C2CCCCCC2)cc1. The van der Waals surface area contributed by atoms with Crippen molar-refractivity contribution in [3.63, 3.8) is 0 Å². The number of rotatable bonds is 5. The molecule has 1 aromatic carbocycles. The molecule has 34 heavy (non-hydrogen) atoms. The largest absolute Gasteiger partial charge is 0.378 e. The van der Waals surface area contributed by atoms with Crippen molar-refractivity contribution in [2.45, 2.75) is 109 Å². The molecule has 0 spiro atoms. The van der Waals surface area contributed by atoms with Crippen molar-refractivity contribution < 1.29 is 4.79 Å². The van der Waals surface area contributed by atoms with E-state index in [-0.39, 0.29) is 17.5 Å². The van der Waals surface area contributed by atoms with Crippen LogP contribution < -0.4 is 15.5 Å². The number of benzene rings is 1. The molecule has 3 atom stereocenters. The molecule has 0 aliphatic heterocycles. The van der Waals surface area contributed by atoms with Gasteiger partial charge < -0.3 is 15.5 Å². The number of hydrogen-bond donors (Lipinski definition) is 2. The Morgan fingerprint density at radius 2 is 1.41 bits per heavy atom. The first-order valence-corrected chi connectivity index (χ1v) is 14.3. The summed E-state index contributed by atoms with van der Waals surface area (Å²) in [7, 11) is 4.08. The minimum absolute atomic E-state index is 0.0111. The lowest BCUT2D eigenvalue weighted by molar-refractivity contribution is 0.00683. The summed E-state index contributed by atoms with van der Waals surface area (Å²) in [4.78, 5) is 15.5. The van der Waals surface area contributed by atoms with Gasteiger partial charge in [-0.1, -0.05) is 77.6 Å². The minimum atomic E-state index is -0.0111. The van der Waals surface area contributed by atoms with Gasteiger partial charge in [-0.25, -0.2) is 4.79 Å². The fourth-order valence-electron chi connectivity index (χ4n) is 7.60. The van der Waals surface area contributed by atoms with Crippen molar-refractivity contribution in [1.29, 1.82) is 0 Å². The maximum absolute atomic E-state index is 13.4. The molecule has 3 saturated carbocycles. The topological polar surface area (TPSA) is 44.4 Å². The number of amides is 2. The maximum atomic E-state index is 13.4. The van der Waals surface area contributed by atoms with E-state index in [0.29, 0.717) is 5.92 Å². The van der Waals surface area contributed by atoms with Gasteiger partial charge in [-0.3, -0.25) is 0 Å². The van der Waals surface area contributed by atoms with E-state index in [0.717, 1.165) is 23.2 Å². The van der Waals surface area contributed by atoms with E-state index in [9.17, 15) is 4.79 Å². The molecule has 3 aliphatic rings. The first-order valence-electron chi connectivity index (χ1n) is 14.3. The molecule has 0 saturated heterocycles. The van der Waals surface area contributed by atoms with Gasteiger partial charge in [0.05, 0.1) is 0 Å². The van der Waals surface area contributed by atoms with E-state index in [1.165, 1.54) is 96.3 Å². The van der Waals surface area contributed by atoms with Crippen molar-refractivity contribution in [3.8, 4) is 0 Å². The summed E-state index contributed by atoms with van der Waals surface area (Å²) >= 11 is 0. The molecular weight excluding hydrogens is 418 g/mol. The lowest BCUT2D eigenvalue weighted by Crippen LogP contribution is -2.58. The molecule has 4 nitrogen and oxygen atoms in total. The number of nitrogens with one attached hydrogen (secondary N) is 2. The highest BCUT2D eigenvalue weighted by Crippen LogP contribution is 2.52. The van der Waals surface area contributed by atoms with Crippen LogP contribution in [0.15, 0.2) is 24.3 Å². The van der Waals surface area contributed by atoms with Gasteiger partial charge in [0.15, 0.2) is 0 Å². The average Bonchev–Trinajstić information content (AvgIpc) is 3.27. The van der Waals surface area contributed by atoms with Gasteiger partial charge in [-0.15, -0.1) is 0 Å². The van der Waals surface area contributed by atoms with E-state index in [2.05, 4.69) is 34.6 Å². The van der Waals surface area contributed by atoms with E-state index in [1.807, 2.05) is 26.2 Å². The van der Waals surface area contributed by atoms with E-state index in [1.54, 1.807) is 0 Å². The van der Waals surface area contributed by atoms with Crippen LogP contribution in [0, 0.1) is 23.2 Å². The Hall–Kier alpha value is -1.71. The van der Waals surface area contributed by atoms with Crippen LogP contribution in [0.2, 0.25) is 0 Å². The van der Waals surface area contributed by atoms with Crippen LogP contribution in [0.4, 0.5) is 16.2 Å². The van der Waals surface area contributed by atoms with Crippen LogP contribution in [-0.4, -0.2) is 26.2 Å². The molecule has 0 radical (unpaired) electrons. The molecule has 4 heteroatoms. The lowest BCUT2D eigenvalue weighted by atomic mass is 9.56. The monoisotopic (exact) mass is 467 g/mol. The van der Waals surface area contributed by atoms with Crippen LogP contribution in [0.1, 0.15) is 103 Å². The number of carbonyl (C=O) groups excluding carboxylic acids is 1. The van der Waals surface area contributed by atoms with Crippen LogP contribution >= 0.6 is 0 Å². The molecule has 3 fully saturated rings. The van der Waals surface area contributed by atoms with Crippen LogP contribution in [0.25, 0.3) is 0 Å². The van der Waals surface area contributed by atoms with Gasteiger partial charge >= 0.3 is 6.03 Å². The Labute approximate surface area is 208 Å². The Morgan fingerprint density at radius 3 is 2.00 bits per heavy atom. The molecule has 0 bridgehead atoms.